The Kier molecular flexibility index (Phi) is 4.36. The smallest absolute Gasteiger partial charge is 0.130 e. The molecule has 92 valence electrons. The van der Waals surface area contributed by atoms with Crippen LogP contribution in [0.1, 0.15) is 62.5 Å². The molecule has 0 amide bonds. The number of rotatable bonds is 4. The van der Waals surface area contributed by atoms with E-state index in [9.17, 15) is 4.79 Å². The van der Waals surface area contributed by atoms with Gasteiger partial charge < -0.3 is 4.79 Å². The third kappa shape index (κ3) is 3.69. The number of carbonyl (C=O) groups excluding carboxylic acids is 1. The van der Waals surface area contributed by atoms with Gasteiger partial charge in [0.1, 0.15) is 5.78 Å². The summed E-state index contributed by atoms with van der Waals surface area (Å²) in [7, 11) is 0. The summed E-state index contributed by atoms with van der Waals surface area (Å²) in [6.07, 6.45) is 8.45. The first-order valence-electron chi connectivity index (χ1n) is 6.84. The quantitative estimate of drug-likeness (QED) is 0.755. The Hall–Kier alpha value is -1.11. The maximum absolute atomic E-state index is 10.9. The fourth-order valence-electron chi connectivity index (χ4n) is 2.71. The second-order valence-electron chi connectivity index (χ2n) is 5.28. The summed E-state index contributed by atoms with van der Waals surface area (Å²) in [5.74, 6) is 1.06. The van der Waals surface area contributed by atoms with Crippen molar-refractivity contribution in [2.24, 2.45) is 0 Å². The summed E-state index contributed by atoms with van der Waals surface area (Å²) in [6.45, 7) is 1.66. The van der Waals surface area contributed by atoms with Gasteiger partial charge in [-0.05, 0) is 43.2 Å². The van der Waals surface area contributed by atoms with Crippen LogP contribution in [0.2, 0.25) is 0 Å². The summed E-state index contributed by atoms with van der Waals surface area (Å²) < 4.78 is 0. The second kappa shape index (κ2) is 6.00. The van der Waals surface area contributed by atoms with Crippen molar-refractivity contribution in [2.45, 2.75) is 57.8 Å². The lowest BCUT2D eigenvalue weighted by Gasteiger charge is -2.22. The normalized spacial score (nSPS) is 17.0. The van der Waals surface area contributed by atoms with Gasteiger partial charge >= 0.3 is 0 Å². The molecular weight excluding hydrogens is 208 g/mol. The number of hydrogen-bond acceptors (Lipinski definition) is 1. The van der Waals surface area contributed by atoms with Gasteiger partial charge in [-0.3, -0.25) is 0 Å². The lowest BCUT2D eigenvalue weighted by atomic mass is 9.84. The van der Waals surface area contributed by atoms with E-state index in [0.717, 1.165) is 12.3 Å². The molecule has 0 radical (unpaired) electrons. The minimum atomic E-state index is 0.279. The Labute approximate surface area is 104 Å². The summed E-state index contributed by atoms with van der Waals surface area (Å²) in [4.78, 5) is 10.9. The molecule has 0 spiro atoms. The molecule has 0 saturated heterocycles. The summed E-state index contributed by atoms with van der Waals surface area (Å²) in [5, 5.41) is 0. The van der Waals surface area contributed by atoms with Crippen molar-refractivity contribution < 1.29 is 4.79 Å². The van der Waals surface area contributed by atoms with Gasteiger partial charge in [-0.1, -0.05) is 43.5 Å². The molecule has 0 N–H and O–H groups in total. The van der Waals surface area contributed by atoms with E-state index in [1.54, 1.807) is 6.92 Å². The van der Waals surface area contributed by atoms with E-state index in [-0.39, 0.29) is 5.78 Å². The molecule has 1 fully saturated rings. The molecule has 1 nitrogen and oxygen atoms in total. The van der Waals surface area contributed by atoms with Crippen LogP contribution in [0.25, 0.3) is 0 Å². The first kappa shape index (κ1) is 12.3. The van der Waals surface area contributed by atoms with E-state index < -0.39 is 0 Å². The number of carbonyl (C=O) groups is 1. The zero-order chi connectivity index (χ0) is 12.1. The summed E-state index contributed by atoms with van der Waals surface area (Å²) in [6, 6.07) is 8.94. The number of aryl methyl sites for hydroxylation is 1. The molecule has 0 aromatic heterocycles. The molecule has 0 atom stereocenters. The maximum atomic E-state index is 10.9. The Morgan fingerprint density at radius 3 is 2.35 bits per heavy atom. The largest absolute Gasteiger partial charge is 0.300 e. The zero-order valence-electron chi connectivity index (χ0n) is 10.7. The van der Waals surface area contributed by atoms with E-state index in [2.05, 4.69) is 24.3 Å². The zero-order valence-corrected chi connectivity index (χ0v) is 10.7. The molecule has 1 aromatic rings. The van der Waals surface area contributed by atoms with E-state index in [1.807, 2.05) is 0 Å². The number of ketones is 1. The van der Waals surface area contributed by atoms with Crippen LogP contribution in [0.5, 0.6) is 0 Å². The minimum absolute atomic E-state index is 0.279. The number of hydrogen-bond donors (Lipinski definition) is 0. The van der Waals surface area contributed by atoms with Crippen LogP contribution in [0.15, 0.2) is 24.3 Å². The summed E-state index contributed by atoms with van der Waals surface area (Å²) >= 11 is 0. The maximum Gasteiger partial charge on any atom is 0.130 e. The van der Waals surface area contributed by atoms with Crippen LogP contribution in [0.3, 0.4) is 0 Å². The highest BCUT2D eigenvalue weighted by atomic mass is 16.1. The van der Waals surface area contributed by atoms with Gasteiger partial charge in [0.05, 0.1) is 0 Å². The Morgan fingerprint density at radius 2 is 1.76 bits per heavy atom. The molecule has 2 rings (SSSR count). The van der Waals surface area contributed by atoms with Gasteiger partial charge in [-0.25, -0.2) is 0 Å². The average Bonchev–Trinajstić information content (AvgIpc) is 2.38. The van der Waals surface area contributed by atoms with Crippen molar-refractivity contribution in [2.75, 3.05) is 0 Å². The molecule has 0 bridgehead atoms. The van der Waals surface area contributed by atoms with Crippen LogP contribution in [0.4, 0.5) is 0 Å². The molecule has 0 heterocycles. The number of Topliss-reactive ketones (excluding diaryl/α,β-unsaturated/α-hetero) is 1. The van der Waals surface area contributed by atoms with Crippen LogP contribution >= 0.6 is 0 Å². The third-order valence-electron chi connectivity index (χ3n) is 3.82. The van der Waals surface area contributed by atoms with Crippen LogP contribution in [-0.4, -0.2) is 5.78 Å². The van der Waals surface area contributed by atoms with Gasteiger partial charge in [0.25, 0.3) is 0 Å². The molecule has 1 aliphatic rings. The lowest BCUT2D eigenvalue weighted by molar-refractivity contribution is -0.116. The van der Waals surface area contributed by atoms with Gasteiger partial charge in [-0.2, -0.15) is 0 Å². The molecular formula is C16H22O. The van der Waals surface area contributed by atoms with Crippen molar-refractivity contribution in [3.05, 3.63) is 35.4 Å². The fraction of sp³-hybridized carbons (Fsp3) is 0.562. The van der Waals surface area contributed by atoms with Crippen molar-refractivity contribution in [3.63, 3.8) is 0 Å². The van der Waals surface area contributed by atoms with Gasteiger partial charge in [0.2, 0.25) is 0 Å². The molecule has 1 aromatic carbocycles. The van der Waals surface area contributed by atoms with Gasteiger partial charge in [0, 0.05) is 6.42 Å². The Bertz CT molecular complexity index is 358. The summed E-state index contributed by atoms with van der Waals surface area (Å²) in [5.41, 5.74) is 2.79. The number of benzene rings is 1. The predicted octanol–water partition coefficient (Wildman–Crippen LogP) is 4.26. The molecule has 1 saturated carbocycles. The van der Waals surface area contributed by atoms with E-state index in [4.69, 9.17) is 0 Å². The minimum Gasteiger partial charge on any atom is -0.300 e. The second-order valence-corrected chi connectivity index (χ2v) is 5.28. The SMILES string of the molecule is CC(=O)CCc1ccc(C2CCCCC2)cc1. The fourth-order valence-corrected chi connectivity index (χ4v) is 2.71. The van der Waals surface area contributed by atoms with Crippen molar-refractivity contribution in [1.29, 1.82) is 0 Å². The van der Waals surface area contributed by atoms with Gasteiger partial charge in [-0.15, -0.1) is 0 Å². The van der Waals surface area contributed by atoms with E-state index in [0.29, 0.717) is 6.42 Å². The molecule has 1 aliphatic carbocycles. The molecule has 17 heavy (non-hydrogen) atoms. The Balaban J connectivity index is 1.94. The highest BCUT2D eigenvalue weighted by Crippen LogP contribution is 2.32. The molecule has 1 heteroatoms. The third-order valence-corrected chi connectivity index (χ3v) is 3.82. The van der Waals surface area contributed by atoms with E-state index >= 15 is 0 Å². The van der Waals surface area contributed by atoms with Crippen LogP contribution in [-0.2, 0) is 11.2 Å². The van der Waals surface area contributed by atoms with Crippen molar-refractivity contribution >= 4 is 5.78 Å². The van der Waals surface area contributed by atoms with Gasteiger partial charge in [0.15, 0.2) is 0 Å². The first-order chi connectivity index (χ1) is 8.25. The highest BCUT2D eigenvalue weighted by Gasteiger charge is 2.14. The van der Waals surface area contributed by atoms with E-state index in [1.165, 1.54) is 43.2 Å². The monoisotopic (exact) mass is 230 g/mol. The highest BCUT2D eigenvalue weighted by molar-refractivity contribution is 5.75. The lowest BCUT2D eigenvalue weighted by Crippen LogP contribution is -2.04. The first-order valence-corrected chi connectivity index (χ1v) is 6.84. The van der Waals surface area contributed by atoms with Crippen molar-refractivity contribution in [3.8, 4) is 0 Å². The predicted molar refractivity (Wildman–Crippen MR) is 71.3 cm³/mol. The average molecular weight is 230 g/mol. The van der Waals surface area contributed by atoms with Crippen LogP contribution in [0, 0.1) is 0 Å². The molecule has 0 aliphatic heterocycles. The molecule has 0 unspecified atom stereocenters. The topological polar surface area (TPSA) is 17.1 Å². The van der Waals surface area contributed by atoms with Crippen molar-refractivity contribution in [1.82, 2.24) is 0 Å². The Morgan fingerprint density at radius 1 is 1.12 bits per heavy atom. The standard InChI is InChI=1S/C16H22O/c1-13(17)7-8-14-9-11-16(12-10-14)15-5-3-2-4-6-15/h9-12,15H,2-8H2,1H3. The van der Waals surface area contributed by atoms with Crippen LogP contribution < -0.4 is 0 Å².